The summed E-state index contributed by atoms with van der Waals surface area (Å²) < 4.78 is 15.3. The predicted molar refractivity (Wildman–Crippen MR) is 84.6 cm³/mol. The SMILES string of the molecule is CCNCc1ccc(F)c(-c2cccc3ccsc23)c1. The van der Waals surface area contributed by atoms with E-state index in [4.69, 9.17) is 0 Å². The maximum atomic E-state index is 14.2. The fraction of sp³-hybridized carbons (Fsp3) is 0.176. The van der Waals surface area contributed by atoms with Crippen LogP contribution in [0.4, 0.5) is 4.39 Å². The fourth-order valence-electron chi connectivity index (χ4n) is 2.36. The quantitative estimate of drug-likeness (QED) is 0.725. The van der Waals surface area contributed by atoms with Gasteiger partial charge in [0.2, 0.25) is 0 Å². The zero-order valence-corrected chi connectivity index (χ0v) is 12.1. The number of nitrogens with one attached hydrogen (secondary N) is 1. The summed E-state index contributed by atoms with van der Waals surface area (Å²) >= 11 is 1.66. The molecule has 1 heterocycles. The maximum Gasteiger partial charge on any atom is 0.131 e. The van der Waals surface area contributed by atoms with Gasteiger partial charge in [0, 0.05) is 22.4 Å². The van der Waals surface area contributed by atoms with Crippen molar-refractivity contribution in [3.05, 3.63) is 59.2 Å². The Morgan fingerprint density at radius 2 is 2.00 bits per heavy atom. The van der Waals surface area contributed by atoms with Crippen LogP contribution in [-0.2, 0) is 6.54 Å². The number of hydrogen-bond donors (Lipinski definition) is 1. The highest BCUT2D eigenvalue weighted by atomic mass is 32.1. The molecule has 102 valence electrons. The Morgan fingerprint density at radius 1 is 1.10 bits per heavy atom. The molecule has 1 nitrogen and oxygen atoms in total. The first-order chi connectivity index (χ1) is 9.79. The van der Waals surface area contributed by atoms with Gasteiger partial charge in [-0.05, 0) is 41.1 Å². The average Bonchev–Trinajstić information content (AvgIpc) is 2.95. The first-order valence-corrected chi connectivity index (χ1v) is 7.63. The predicted octanol–water partition coefficient (Wildman–Crippen LogP) is 4.82. The van der Waals surface area contributed by atoms with Crippen LogP contribution in [0.5, 0.6) is 0 Å². The van der Waals surface area contributed by atoms with Gasteiger partial charge in [-0.25, -0.2) is 4.39 Å². The van der Waals surface area contributed by atoms with Gasteiger partial charge in [-0.15, -0.1) is 11.3 Å². The van der Waals surface area contributed by atoms with E-state index >= 15 is 0 Å². The van der Waals surface area contributed by atoms with Gasteiger partial charge in [0.15, 0.2) is 0 Å². The van der Waals surface area contributed by atoms with Crippen LogP contribution in [-0.4, -0.2) is 6.54 Å². The summed E-state index contributed by atoms with van der Waals surface area (Å²) in [6.45, 7) is 3.74. The van der Waals surface area contributed by atoms with Crippen LogP contribution < -0.4 is 5.32 Å². The highest BCUT2D eigenvalue weighted by Crippen LogP contribution is 2.34. The zero-order valence-electron chi connectivity index (χ0n) is 11.3. The molecule has 0 fully saturated rings. The molecule has 3 heteroatoms. The molecule has 0 spiro atoms. The number of benzene rings is 2. The van der Waals surface area contributed by atoms with E-state index in [9.17, 15) is 4.39 Å². The van der Waals surface area contributed by atoms with Crippen LogP contribution in [0.3, 0.4) is 0 Å². The third-order valence-electron chi connectivity index (χ3n) is 3.38. The average molecular weight is 285 g/mol. The zero-order chi connectivity index (χ0) is 13.9. The second-order valence-electron chi connectivity index (χ2n) is 4.74. The summed E-state index contributed by atoms with van der Waals surface area (Å²) in [5.74, 6) is -0.161. The van der Waals surface area contributed by atoms with E-state index in [2.05, 4.69) is 29.8 Å². The first-order valence-electron chi connectivity index (χ1n) is 6.75. The Balaban J connectivity index is 2.10. The molecular weight excluding hydrogens is 269 g/mol. The Hall–Kier alpha value is -1.71. The van der Waals surface area contributed by atoms with Crippen molar-refractivity contribution >= 4 is 21.4 Å². The van der Waals surface area contributed by atoms with Crippen molar-refractivity contribution in [2.24, 2.45) is 0 Å². The third kappa shape index (κ3) is 2.47. The van der Waals surface area contributed by atoms with E-state index < -0.39 is 0 Å². The molecule has 3 aromatic rings. The molecular formula is C17H16FNS. The van der Waals surface area contributed by atoms with E-state index in [0.29, 0.717) is 5.56 Å². The summed E-state index contributed by atoms with van der Waals surface area (Å²) in [7, 11) is 0. The van der Waals surface area contributed by atoms with Gasteiger partial charge in [-0.2, -0.15) is 0 Å². The van der Waals surface area contributed by atoms with Gasteiger partial charge in [-0.1, -0.05) is 31.2 Å². The molecule has 1 N–H and O–H groups in total. The highest BCUT2D eigenvalue weighted by molar-refractivity contribution is 7.17. The van der Waals surface area contributed by atoms with E-state index in [1.165, 1.54) is 5.39 Å². The lowest BCUT2D eigenvalue weighted by Gasteiger charge is -2.09. The lowest BCUT2D eigenvalue weighted by molar-refractivity contribution is 0.629. The molecule has 0 amide bonds. The summed E-state index contributed by atoms with van der Waals surface area (Å²) in [6.07, 6.45) is 0. The molecule has 0 aliphatic carbocycles. The van der Waals surface area contributed by atoms with E-state index in [1.807, 2.05) is 24.3 Å². The summed E-state index contributed by atoms with van der Waals surface area (Å²) in [6, 6.07) is 13.5. The summed E-state index contributed by atoms with van der Waals surface area (Å²) in [5, 5.41) is 6.50. The van der Waals surface area contributed by atoms with Crippen molar-refractivity contribution < 1.29 is 4.39 Å². The lowest BCUT2D eigenvalue weighted by atomic mass is 10.0. The molecule has 2 aromatic carbocycles. The fourth-order valence-corrected chi connectivity index (χ4v) is 3.29. The largest absolute Gasteiger partial charge is 0.313 e. The van der Waals surface area contributed by atoms with Gasteiger partial charge >= 0.3 is 0 Å². The monoisotopic (exact) mass is 285 g/mol. The molecule has 0 radical (unpaired) electrons. The normalized spacial score (nSPS) is 11.1. The first kappa shape index (κ1) is 13.3. The number of hydrogen-bond acceptors (Lipinski definition) is 2. The van der Waals surface area contributed by atoms with E-state index in [0.717, 1.165) is 28.9 Å². The Bertz CT molecular complexity index is 733. The number of fused-ring (bicyclic) bond motifs is 1. The van der Waals surface area contributed by atoms with Crippen LogP contribution in [0.1, 0.15) is 12.5 Å². The molecule has 0 bridgehead atoms. The molecule has 0 aliphatic rings. The third-order valence-corrected chi connectivity index (χ3v) is 4.34. The van der Waals surface area contributed by atoms with Crippen molar-refractivity contribution in [2.75, 3.05) is 6.54 Å². The molecule has 1 aromatic heterocycles. The molecule has 0 saturated carbocycles. The number of thiophene rings is 1. The van der Waals surface area contributed by atoms with Crippen LogP contribution in [0, 0.1) is 5.82 Å². The van der Waals surface area contributed by atoms with Crippen molar-refractivity contribution in [1.82, 2.24) is 5.32 Å². The minimum absolute atomic E-state index is 0.161. The van der Waals surface area contributed by atoms with Crippen LogP contribution in [0.15, 0.2) is 47.8 Å². The lowest BCUT2D eigenvalue weighted by Crippen LogP contribution is -2.11. The second kappa shape index (κ2) is 5.73. The number of halogens is 1. The molecule has 0 aliphatic heterocycles. The smallest absolute Gasteiger partial charge is 0.131 e. The van der Waals surface area contributed by atoms with Crippen molar-refractivity contribution in [3.63, 3.8) is 0 Å². The van der Waals surface area contributed by atoms with Gasteiger partial charge < -0.3 is 5.32 Å². The van der Waals surface area contributed by atoms with Gasteiger partial charge in [0.05, 0.1) is 0 Å². The van der Waals surface area contributed by atoms with E-state index in [1.54, 1.807) is 17.4 Å². The van der Waals surface area contributed by atoms with Crippen LogP contribution >= 0.6 is 11.3 Å². The molecule has 0 unspecified atom stereocenters. The van der Waals surface area contributed by atoms with Crippen LogP contribution in [0.2, 0.25) is 0 Å². The Kier molecular flexibility index (Phi) is 3.81. The van der Waals surface area contributed by atoms with Crippen molar-refractivity contribution in [1.29, 1.82) is 0 Å². The van der Waals surface area contributed by atoms with Gasteiger partial charge in [-0.3, -0.25) is 0 Å². The maximum absolute atomic E-state index is 14.2. The summed E-state index contributed by atoms with van der Waals surface area (Å²) in [4.78, 5) is 0. The van der Waals surface area contributed by atoms with Crippen LogP contribution in [0.25, 0.3) is 21.2 Å². The molecule has 3 rings (SSSR count). The van der Waals surface area contributed by atoms with Crippen molar-refractivity contribution in [3.8, 4) is 11.1 Å². The van der Waals surface area contributed by atoms with E-state index in [-0.39, 0.29) is 5.82 Å². The Labute approximate surface area is 122 Å². The topological polar surface area (TPSA) is 12.0 Å². The molecule has 0 atom stereocenters. The minimum Gasteiger partial charge on any atom is -0.313 e. The standard InChI is InChI=1S/C17H16FNS/c1-2-19-11-12-6-7-16(18)15(10-12)14-5-3-4-13-8-9-20-17(13)14/h3-10,19H,2,11H2,1H3. The second-order valence-corrected chi connectivity index (χ2v) is 5.66. The van der Waals surface area contributed by atoms with Gasteiger partial charge in [0.1, 0.15) is 5.82 Å². The Morgan fingerprint density at radius 3 is 2.85 bits per heavy atom. The van der Waals surface area contributed by atoms with Gasteiger partial charge in [0.25, 0.3) is 0 Å². The number of rotatable bonds is 4. The highest BCUT2D eigenvalue weighted by Gasteiger charge is 2.10. The summed E-state index contributed by atoms with van der Waals surface area (Å²) in [5.41, 5.74) is 2.78. The molecule has 0 saturated heterocycles. The van der Waals surface area contributed by atoms with Crippen molar-refractivity contribution in [2.45, 2.75) is 13.5 Å². The molecule has 20 heavy (non-hydrogen) atoms. The minimum atomic E-state index is -0.161.